The van der Waals surface area contributed by atoms with Gasteiger partial charge in [0, 0.05) is 22.6 Å². The summed E-state index contributed by atoms with van der Waals surface area (Å²) in [5, 5.41) is 3.58. The summed E-state index contributed by atoms with van der Waals surface area (Å²) in [6.07, 6.45) is 0. The first kappa shape index (κ1) is 17.7. The molecule has 1 atom stereocenters. The van der Waals surface area contributed by atoms with Gasteiger partial charge in [0.2, 0.25) is 0 Å². The molecule has 0 aliphatic heterocycles. The van der Waals surface area contributed by atoms with E-state index < -0.39 is 0 Å². The largest absolute Gasteiger partial charge is 0.489 e. The summed E-state index contributed by atoms with van der Waals surface area (Å²) in [4.78, 5) is 0. The fourth-order valence-corrected chi connectivity index (χ4v) is 3.09. The summed E-state index contributed by atoms with van der Waals surface area (Å²) in [5.41, 5.74) is 3.60. The Bertz CT molecular complexity index is 790. The smallest absolute Gasteiger partial charge is 0.124 e. The molecule has 0 unspecified atom stereocenters. The van der Waals surface area contributed by atoms with E-state index in [1.165, 1.54) is 11.1 Å². The van der Waals surface area contributed by atoms with Crippen LogP contribution in [0.1, 0.15) is 29.7 Å². The normalized spacial score (nSPS) is 11.9. The van der Waals surface area contributed by atoms with Gasteiger partial charge in [0.15, 0.2) is 0 Å². The van der Waals surface area contributed by atoms with Crippen LogP contribution in [-0.4, -0.2) is 0 Å². The van der Waals surface area contributed by atoms with E-state index in [1.54, 1.807) is 0 Å². The molecule has 0 spiro atoms. The quantitative estimate of drug-likeness (QED) is 0.539. The van der Waals surface area contributed by atoms with Gasteiger partial charge in [0.25, 0.3) is 0 Å². The Hall–Kier alpha value is -2.10. The second-order valence-corrected chi connectivity index (χ2v) is 6.96. The molecule has 0 radical (unpaired) electrons. The number of hydrogen-bond acceptors (Lipinski definition) is 2. The van der Waals surface area contributed by atoms with Crippen molar-refractivity contribution in [1.82, 2.24) is 5.32 Å². The van der Waals surface area contributed by atoms with Crippen LogP contribution < -0.4 is 10.1 Å². The Labute approximate surface area is 158 Å². The van der Waals surface area contributed by atoms with Crippen molar-refractivity contribution < 1.29 is 4.74 Å². The van der Waals surface area contributed by atoms with Crippen LogP contribution in [-0.2, 0) is 13.2 Å². The van der Waals surface area contributed by atoms with E-state index in [9.17, 15) is 0 Å². The predicted molar refractivity (Wildman–Crippen MR) is 107 cm³/mol. The number of ether oxygens (including phenoxy) is 1. The molecule has 0 fully saturated rings. The Balaban J connectivity index is 1.66. The molecule has 0 heterocycles. The molecule has 0 saturated heterocycles. The van der Waals surface area contributed by atoms with Gasteiger partial charge < -0.3 is 10.1 Å². The number of hydrogen-bond donors (Lipinski definition) is 1. The van der Waals surface area contributed by atoms with Crippen LogP contribution in [0.5, 0.6) is 5.75 Å². The van der Waals surface area contributed by atoms with Crippen molar-refractivity contribution in [2.75, 3.05) is 0 Å². The fourth-order valence-electron chi connectivity index (χ4n) is 2.68. The van der Waals surface area contributed by atoms with Crippen LogP contribution in [0.2, 0.25) is 0 Å². The molecule has 25 heavy (non-hydrogen) atoms. The molecule has 3 aromatic rings. The Morgan fingerprint density at radius 3 is 2.32 bits per heavy atom. The molecule has 0 aliphatic rings. The van der Waals surface area contributed by atoms with Gasteiger partial charge >= 0.3 is 0 Å². The van der Waals surface area contributed by atoms with Crippen molar-refractivity contribution in [2.45, 2.75) is 26.1 Å². The van der Waals surface area contributed by atoms with Crippen LogP contribution in [0.25, 0.3) is 0 Å². The van der Waals surface area contributed by atoms with Gasteiger partial charge in [-0.2, -0.15) is 0 Å². The summed E-state index contributed by atoms with van der Waals surface area (Å²) in [6.45, 7) is 3.50. The highest BCUT2D eigenvalue weighted by Crippen LogP contribution is 2.25. The standard InChI is InChI=1S/C22H22BrNO/c1-17(19-10-6-3-7-11-19)24-15-20-14-21(23)12-13-22(20)25-16-18-8-4-2-5-9-18/h2-14,17,24H,15-16H2,1H3/t17-/m0/s1. The lowest BCUT2D eigenvalue weighted by atomic mass is 10.1. The minimum absolute atomic E-state index is 0.280. The van der Waals surface area contributed by atoms with Crippen LogP contribution in [0, 0.1) is 0 Å². The molecule has 2 nitrogen and oxygen atoms in total. The summed E-state index contributed by atoms with van der Waals surface area (Å²) < 4.78 is 7.11. The molecule has 3 heteroatoms. The van der Waals surface area contributed by atoms with E-state index >= 15 is 0 Å². The lowest BCUT2D eigenvalue weighted by Gasteiger charge is -2.17. The first-order valence-corrected chi connectivity index (χ1v) is 9.25. The maximum Gasteiger partial charge on any atom is 0.124 e. The molecule has 0 aromatic heterocycles. The molecule has 1 N–H and O–H groups in total. The molecular weight excluding hydrogens is 374 g/mol. The van der Waals surface area contributed by atoms with Gasteiger partial charge in [-0.3, -0.25) is 0 Å². The van der Waals surface area contributed by atoms with E-state index in [0.29, 0.717) is 6.61 Å². The lowest BCUT2D eigenvalue weighted by molar-refractivity contribution is 0.301. The van der Waals surface area contributed by atoms with Gasteiger partial charge in [-0.05, 0) is 36.2 Å². The second-order valence-electron chi connectivity index (χ2n) is 6.04. The van der Waals surface area contributed by atoms with Crippen molar-refractivity contribution in [3.63, 3.8) is 0 Å². The van der Waals surface area contributed by atoms with Gasteiger partial charge in [-0.25, -0.2) is 0 Å². The molecule has 3 aromatic carbocycles. The van der Waals surface area contributed by atoms with Crippen LogP contribution in [0.15, 0.2) is 83.3 Å². The third kappa shape index (κ3) is 5.18. The van der Waals surface area contributed by atoms with E-state index in [-0.39, 0.29) is 6.04 Å². The Kier molecular flexibility index (Phi) is 6.26. The molecule has 0 aliphatic carbocycles. The molecule has 0 saturated carbocycles. The average Bonchev–Trinajstić information content (AvgIpc) is 2.67. The minimum Gasteiger partial charge on any atom is -0.489 e. The molecule has 3 rings (SSSR count). The summed E-state index contributed by atoms with van der Waals surface area (Å²) in [5.74, 6) is 0.916. The monoisotopic (exact) mass is 395 g/mol. The highest BCUT2D eigenvalue weighted by Gasteiger charge is 2.09. The van der Waals surface area contributed by atoms with E-state index in [4.69, 9.17) is 4.74 Å². The maximum absolute atomic E-state index is 6.06. The Morgan fingerprint density at radius 1 is 0.920 bits per heavy atom. The first-order chi connectivity index (χ1) is 12.2. The van der Waals surface area contributed by atoms with Gasteiger partial charge in [0.1, 0.15) is 12.4 Å². The number of halogens is 1. The maximum atomic E-state index is 6.06. The highest BCUT2D eigenvalue weighted by molar-refractivity contribution is 9.10. The zero-order valence-electron chi connectivity index (χ0n) is 14.3. The Morgan fingerprint density at radius 2 is 1.60 bits per heavy atom. The summed E-state index contributed by atoms with van der Waals surface area (Å²) in [7, 11) is 0. The predicted octanol–water partition coefficient (Wildman–Crippen LogP) is 5.88. The zero-order valence-corrected chi connectivity index (χ0v) is 15.9. The number of benzene rings is 3. The highest BCUT2D eigenvalue weighted by atomic mass is 79.9. The number of nitrogens with one attached hydrogen (secondary N) is 1. The van der Waals surface area contributed by atoms with Crippen LogP contribution >= 0.6 is 15.9 Å². The fraction of sp³-hybridized carbons (Fsp3) is 0.182. The summed E-state index contributed by atoms with van der Waals surface area (Å²) >= 11 is 3.56. The van der Waals surface area contributed by atoms with Crippen molar-refractivity contribution in [3.8, 4) is 5.75 Å². The second kappa shape index (κ2) is 8.84. The van der Waals surface area contributed by atoms with Crippen molar-refractivity contribution in [3.05, 3.63) is 100 Å². The van der Waals surface area contributed by atoms with E-state index in [0.717, 1.165) is 22.3 Å². The van der Waals surface area contributed by atoms with E-state index in [1.807, 2.05) is 36.4 Å². The molecular formula is C22H22BrNO. The first-order valence-electron chi connectivity index (χ1n) is 8.46. The SMILES string of the molecule is C[C@H](NCc1cc(Br)ccc1OCc1ccccc1)c1ccccc1. The van der Waals surface area contributed by atoms with Gasteiger partial charge in [0.05, 0.1) is 0 Å². The third-order valence-electron chi connectivity index (χ3n) is 4.16. The molecule has 0 bridgehead atoms. The summed E-state index contributed by atoms with van der Waals surface area (Å²) in [6, 6.07) is 27.1. The van der Waals surface area contributed by atoms with E-state index in [2.05, 4.69) is 70.6 Å². The number of rotatable bonds is 7. The van der Waals surface area contributed by atoms with Crippen molar-refractivity contribution in [2.24, 2.45) is 0 Å². The van der Waals surface area contributed by atoms with Crippen LogP contribution in [0.3, 0.4) is 0 Å². The van der Waals surface area contributed by atoms with Gasteiger partial charge in [-0.1, -0.05) is 76.6 Å². The molecule has 0 amide bonds. The average molecular weight is 396 g/mol. The topological polar surface area (TPSA) is 21.3 Å². The van der Waals surface area contributed by atoms with Crippen molar-refractivity contribution in [1.29, 1.82) is 0 Å². The third-order valence-corrected chi connectivity index (χ3v) is 4.65. The zero-order chi connectivity index (χ0) is 17.5. The molecule has 128 valence electrons. The van der Waals surface area contributed by atoms with Crippen LogP contribution in [0.4, 0.5) is 0 Å². The van der Waals surface area contributed by atoms with Crippen molar-refractivity contribution >= 4 is 15.9 Å². The lowest BCUT2D eigenvalue weighted by Crippen LogP contribution is -2.18. The minimum atomic E-state index is 0.280. The van der Waals surface area contributed by atoms with Gasteiger partial charge in [-0.15, -0.1) is 0 Å².